The van der Waals surface area contributed by atoms with Crippen molar-refractivity contribution >= 4 is 10.2 Å². The zero-order valence-corrected chi connectivity index (χ0v) is 11.7. The van der Waals surface area contributed by atoms with E-state index in [0.717, 1.165) is 18.4 Å². The Morgan fingerprint density at radius 1 is 1.61 bits per heavy atom. The first-order valence-electron chi connectivity index (χ1n) is 6.19. The van der Waals surface area contributed by atoms with E-state index in [1.807, 2.05) is 0 Å². The lowest BCUT2D eigenvalue weighted by atomic mass is 10.0. The molecule has 1 unspecified atom stereocenters. The summed E-state index contributed by atoms with van der Waals surface area (Å²) in [4.78, 5) is 0. The molecule has 102 valence electrons. The monoisotopic (exact) mass is 272 g/mol. The van der Waals surface area contributed by atoms with Crippen molar-refractivity contribution in [1.82, 2.24) is 18.8 Å². The SMILES string of the molecule is CC1CCCN(S(=O)(=O)N(C)Cc2cn[nH]c2)C1. The highest BCUT2D eigenvalue weighted by Gasteiger charge is 2.30. The number of aromatic nitrogens is 2. The fourth-order valence-electron chi connectivity index (χ4n) is 2.26. The van der Waals surface area contributed by atoms with Crippen molar-refractivity contribution in [3.05, 3.63) is 18.0 Å². The van der Waals surface area contributed by atoms with Crippen molar-refractivity contribution < 1.29 is 8.42 Å². The smallest absolute Gasteiger partial charge is 0.282 e. The highest BCUT2D eigenvalue weighted by molar-refractivity contribution is 7.86. The third-order valence-electron chi connectivity index (χ3n) is 3.30. The predicted octanol–water partition coefficient (Wildman–Crippen LogP) is 0.818. The molecule has 2 rings (SSSR count). The highest BCUT2D eigenvalue weighted by Crippen LogP contribution is 2.20. The molecular weight excluding hydrogens is 252 g/mol. The molecule has 1 aliphatic heterocycles. The van der Waals surface area contributed by atoms with Crippen molar-refractivity contribution in [3.8, 4) is 0 Å². The van der Waals surface area contributed by atoms with Gasteiger partial charge in [0.15, 0.2) is 0 Å². The number of nitrogens with one attached hydrogen (secondary N) is 1. The fourth-order valence-corrected chi connectivity index (χ4v) is 3.76. The summed E-state index contributed by atoms with van der Waals surface area (Å²) in [5.41, 5.74) is 0.867. The maximum atomic E-state index is 12.4. The number of nitrogens with zero attached hydrogens (tertiary/aromatic N) is 3. The molecule has 1 aromatic heterocycles. The number of H-pyrrole nitrogens is 1. The van der Waals surface area contributed by atoms with Gasteiger partial charge in [-0.25, -0.2) is 0 Å². The van der Waals surface area contributed by atoms with Crippen LogP contribution in [0.4, 0.5) is 0 Å². The number of hydrogen-bond donors (Lipinski definition) is 1. The van der Waals surface area contributed by atoms with Crippen LogP contribution >= 0.6 is 0 Å². The molecule has 0 bridgehead atoms. The first-order chi connectivity index (χ1) is 8.50. The summed E-state index contributed by atoms with van der Waals surface area (Å²) >= 11 is 0. The van der Waals surface area contributed by atoms with Crippen LogP contribution in [0.1, 0.15) is 25.3 Å². The maximum absolute atomic E-state index is 12.4. The fraction of sp³-hybridized carbons (Fsp3) is 0.727. The minimum Gasteiger partial charge on any atom is -0.285 e. The maximum Gasteiger partial charge on any atom is 0.282 e. The largest absolute Gasteiger partial charge is 0.285 e. The third-order valence-corrected chi connectivity index (χ3v) is 5.20. The Kier molecular flexibility index (Phi) is 4.04. The van der Waals surface area contributed by atoms with E-state index in [-0.39, 0.29) is 0 Å². The van der Waals surface area contributed by atoms with Gasteiger partial charge in [0.05, 0.1) is 6.20 Å². The van der Waals surface area contributed by atoms with Crippen molar-refractivity contribution in [2.75, 3.05) is 20.1 Å². The van der Waals surface area contributed by atoms with Crippen LogP contribution in [-0.2, 0) is 16.8 Å². The molecule has 1 aliphatic rings. The molecule has 1 fully saturated rings. The molecule has 0 aliphatic carbocycles. The summed E-state index contributed by atoms with van der Waals surface area (Å²) in [7, 11) is -1.73. The molecule has 0 radical (unpaired) electrons. The lowest BCUT2D eigenvalue weighted by Gasteiger charge is -2.32. The Balaban J connectivity index is 2.05. The average molecular weight is 272 g/mol. The van der Waals surface area contributed by atoms with Gasteiger partial charge < -0.3 is 0 Å². The Bertz CT molecular complexity index is 471. The van der Waals surface area contributed by atoms with Crippen molar-refractivity contribution in [1.29, 1.82) is 0 Å². The van der Waals surface area contributed by atoms with Crippen molar-refractivity contribution in [2.24, 2.45) is 5.92 Å². The van der Waals surface area contributed by atoms with Gasteiger partial charge in [0.25, 0.3) is 10.2 Å². The van der Waals surface area contributed by atoms with Crippen LogP contribution in [0.15, 0.2) is 12.4 Å². The number of piperidine rings is 1. The van der Waals surface area contributed by atoms with Crippen LogP contribution in [-0.4, -0.2) is 47.4 Å². The van der Waals surface area contributed by atoms with E-state index < -0.39 is 10.2 Å². The molecule has 1 atom stereocenters. The Morgan fingerprint density at radius 3 is 3.00 bits per heavy atom. The number of rotatable bonds is 4. The molecule has 18 heavy (non-hydrogen) atoms. The first kappa shape index (κ1) is 13.5. The van der Waals surface area contributed by atoms with Crippen LogP contribution in [0.25, 0.3) is 0 Å². The molecule has 1 saturated heterocycles. The molecule has 1 aromatic rings. The molecule has 0 spiro atoms. The van der Waals surface area contributed by atoms with E-state index in [1.54, 1.807) is 23.7 Å². The van der Waals surface area contributed by atoms with Gasteiger partial charge in [0.2, 0.25) is 0 Å². The number of hydrogen-bond acceptors (Lipinski definition) is 3. The van der Waals surface area contributed by atoms with Crippen LogP contribution in [0.5, 0.6) is 0 Å². The van der Waals surface area contributed by atoms with Crippen LogP contribution in [0, 0.1) is 5.92 Å². The molecule has 0 saturated carbocycles. The Labute approximate surface area is 108 Å². The standard InChI is InChI=1S/C11H20N4O2S/c1-10-4-3-5-15(8-10)18(16,17)14(2)9-11-6-12-13-7-11/h6-7,10H,3-5,8-9H2,1-2H3,(H,12,13). The van der Waals surface area contributed by atoms with E-state index in [4.69, 9.17) is 0 Å². The minimum absolute atomic E-state index is 0.351. The van der Waals surface area contributed by atoms with Crippen molar-refractivity contribution in [2.45, 2.75) is 26.3 Å². The second kappa shape index (κ2) is 5.38. The molecule has 1 N–H and O–H groups in total. The summed E-state index contributed by atoms with van der Waals surface area (Å²) in [6, 6.07) is 0. The Morgan fingerprint density at radius 2 is 2.39 bits per heavy atom. The summed E-state index contributed by atoms with van der Waals surface area (Å²) in [5, 5.41) is 6.51. The lowest BCUT2D eigenvalue weighted by molar-refractivity contribution is 0.263. The van der Waals surface area contributed by atoms with Gasteiger partial charge in [-0.1, -0.05) is 6.92 Å². The van der Waals surface area contributed by atoms with Gasteiger partial charge in [-0.15, -0.1) is 0 Å². The van der Waals surface area contributed by atoms with Gasteiger partial charge in [-0.05, 0) is 18.8 Å². The van der Waals surface area contributed by atoms with E-state index in [1.165, 1.54) is 4.31 Å². The quantitative estimate of drug-likeness (QED) is 0.882. The first-order valence-corrected chi connectivity index (χ1v) is 7.59. The topological polar surface area (TPSA) is 69.3 Å². The Hall–Kier alpha value is -0.920. The second-order valence-corrected chi connectivity index (χ2v) is 7.01. The summed E-state index contributed by atoms with van der Waals surface area (Å²) in [6.45, 7) is 3.70. The summed E-state index contributed by atoms with van der Waals surface area (Å²) in [6.07, 6.45) is 5.41. The van der Waals surface area contributed by atoms with Crippen LogP contribution < -0.4 is 0 Å². The van der Waals surface area contributed by atoms with E-state index >= 15 is 0 Å². The molecular formula is C11H20N4O2S. The molecule has 0 aromatic carbocycles. The zero-order valence-electron chi connectivity index (χ0n) is 10.8. The molecule has 6 nitrogen and oxygen atoms in total. The van der Waals surface area contributed by atoms with Gasteiger partial charge in [-0.2, -0.15) is 22.1 Å². The van der Waals surface area contributed by atoms with Gasteiger partial charge >= 0.3 is 0 Å². The van der Waals surface area contributed by atoms with E-state index in [9.17, 15) is 8.42 Å². The normalized spacial score (nSPS) is 22.5. The van der Waals surface area contributed by atoms with Gasteiger partial charge in [-0.3, -0.25) is 5.10 Å². The second-order valence-electron chi connectivity index (χ2n) is 4.98. The summed E-state index contributed by atoms with van der Waals surface area (Å²) in [5.74, 6) is 0.441. The molecule has 2 heterocycles. The van der Waals surface area contributed by atoms with Gasteiger partial charge in [0.1, 0.15) is 0 Å². The number of aromatic amines is 1. The minimum atomic E-state index is -3.35. The summed E-state index contributed by atoms with van der Waals surface area (Å²) < 4.78 is 27.7. The lowest BCUT2D eigenvalue weighted by Crippen LogP contribution is -2.45. The van der Waals surface area contributed by atoms with Gasteiger partial charge in [0, 0.05) is 38.4 Å². The average Bonchev–Trinajstić information content (AvgIpc) is 2.81. The predicted molar refractivity (Wildman–Crippen MR) is 68.9 cm³/mol. The van der Waals surface area contributed by atoms with Crippen LogP contribution in [0.2, 0.25) is 0 Å². The molecule has 0 amide bonds. The van der Waals surface area contributed by atoms with Crippen LogP contribution in [0.3, 0.4) is 0 Å². The molecule has 7 heteroatoms. The zero-order chi connectivity index (χ0) is 13.2. The third kappa shape index (κ3) is 2.90. The highest BCUT2D eigenvalue weighted by atomic mass is 32.2. The van der Waals surface area contributed by atoms with Crippen molar-refractivity contribution in [3.63, 3.8) is 0 Å². The van der Waals surface area contributed by atoms with E-state index in [2.05, 4.69) is 17.1 Å². The van der Waals surface area contributed by atoms with E-state index in [0.29, 0.717) is 25.6 Å².